The molecular weight excluding hydrogens is 316 g/mol. The van der Waals surface area contributed by atoms with Gasteiger partial charge in [-0.3, -0.25) is 14.4 Å². The molecule has 6 rings (SSSR count). The van der Waals surface area contributed by atoms with Crippen molar-refractivity contribution in [3.05, 3.63) is 0 Å². The fraction of sp³-hybridized carbons (Fsp3) is 0.824. The molecule has 4 saturated heterocycles. The van der Waals surface area contributed by atoms with Crippen LogP contribution in [0.25, 0.3) is 0 Å². The van der Waals surface area contributed by atoms with Gasteiger partial charge >= 0.3 is 17.9 Å². The Hall–Kier alpha value is -1.63. The highest BCUT2D eigenvalue weighted by atomic mass is 16.7. The van der Waals surface area contributed by atoms with E-state index >= 15 is 0 Å². The molecule has 7 heteroatoms. The molecule has 0 aromatic carbocycles. The molecule has 2 aliphatic carbocycles. The van der Waals surface area contributed by atoms with E-state index in [4.69, 9.17) is 18.9 Å². The molecular formula is C17H18O7. The fourth-order valence-corrected chi connectivity index (χ4v) is 7.22. The number of ether oxygens (including phenoxy) is 4. The summed E-state index contributed by atoms with van der Waals surface area (Å²) in [4.78, 5) is 37.9. The molecule has 0 aromatic heterocycles. The molecule has 6 aliphatic rings. The highest BCUT2D eigenvalue weighted by Gasteiger charge is 2.97. The van der Waals surface area contributed by atoms with Gasteiger partial charge in [-0.2, -0.15) is 0 Å². The van der Waals surface area contributed by atoms with Gasteiger partial charge < -0.3 is 18.9 Å². The predicted molar refractivity (Wildman–Crippen MR) is 74.3 cm³/mol. The van der Waals surface area contributed by atoms with Crippen molar-refractivity contribution >= 4 is 17.9 Å². The second-order valence-electron chi connectivity index (χ2n) is 8.13. The molecule has 3 spiro atoms. The zero-order valence-electron chi connectivity index (χ0n) is 13.3. The monoisotopic (exact) mass is 334 g/mol. The molecule has 4 bridgehead atoms. The van der Waals surface area contributed by atoms with Gasteiger partial charge in [-0.25, -0.2) is 0 Å². The first-order chi connectivity index (χ1) is 11.5. The van der Waals surface area contributed by atoms with Crippen molar-refractivity contribution < 1.29 is 33.3 Å². The van der Waals surface area contributed by atoms with E-state index in [1.807, 2.05) is 0 Å². The van der Waals surface area contributed by atoms with Crippen LogP contribution in [0.2, 0.25) is 0 Å². The topological polar surface area (TPSA) is 88.1 Å². The Morgan fingerprint density at radius 2 is 2.12 bits per heavy atom. The van der Waals surface area contributed by atoms with Crippen LogP contribution in [0.5, 0.6) is 0 Å². The summed E-state index contributed by atoms with van der Waals surface area (Å²) in [6.07, 6.45) is 0.349. The minimum Gasteiger partial charge on any atom is -0.465 e. The molecule has 6 fully saturated rings. The van der Waals surface area contributed by atoms with Crippen LogP contribution >= 0.6 is 0 Å². The van der Waals surface area contributed by atoms with E-state index in [0.717, 1.165) is 19.3 Å². The quantitative estimate of drug-likeness (QED) is 0.531. The van der Waals surface area contributed by atoms with Gasteiger partial charge in [0.25, 0.3) is 0 Å². The lowest BCUT2D eigenvalue weighted by Gasteiger charge is -2.47. The molecule has 7 nitrogen and oxygen atoms in total. The predicted octanol–water partition coefficient (Wildman–Crippen LogP) is 0.344. The lowest BCUT2D eigenvalue weighted by molar-refractivity contribution is -0.173. The van der Waals surface area contributed by atoms with E-state index in [1.54, 1.807) is 6.92 Å². The average molecular weight is 334 g/mol. The zero-order valence-corrected chi connectivity index (χ0v) is 13.3. The Bertz CT molecular complexity index is 716. The Balaban J connectivity index is 1.58. The van der Waals surface area contributed by atoms with Crippen LogP contribution in [0.4, 0.5) is 0 Å². The standard InChI is InChI=1S/C17H18O7/c1-2-8(18)22-10-9-11-16(13(19)23-9)7-3-4-15(5-7)6-21-14(20)17(15,16)12(10)24-11/h7,9-12H,2-6H2,1H3. The van der Waals surface area contributed by atoms with Crippen LogP contribution in [0.15, 0.2) is 0 Å². The Morgan fingerprint density at radius 1 is 1.29 bits per heavy atom. The normalized spacial score (nSPS) is 57.8. The maximum Gasteiger partial charge on any atom is 0.316 e. The van der Waals surface area contributed by atoms with Gasteiger partial charge in [-0.05, 0) is 25.2 Å². The van der Waals surface area contributed by atoms with Crippen LogP contribution < -0.4 is 0 Å². The number of cyclic esters (lactones) is 1. The number of hydrogen-bond donors (Lipinski definition) is 0. The Morgan fingerprint density at radius 3 is 2.92 bits per heavy atom. The summed E-state index contributed by atoms with van der Waals surface area (Å²) in [7, 11) is 0. The summed E-state index contributed by atoms with van der Waals surface area (Å²) in [5, 5.41) is 0. The van der Waals surface area contributed by atoms with E-state index in [-0.39, 0.29) is 35.7 Å². The van der Waals surface area contributed by atoms with Crippen LogP contribution in [-0.4, -0.2) is 48.9 Å². The highest BCUT2D eigenvalue weighted by molar-refractivity contribution is 5.97. The van der Waals surface area contributed by atoms with Crippen molar-refractivity contribution in [2.24, 2.45) is 22.2 Å². The number of hydrogen-bond acceptors (Lipinski definition) is 7. The molecule has 2 saturated carbocycles. The number of carbonyl (C=O) groups excluding carboxylic acids is 3. The smallest absolute Gasteiger partial charge is 0.316 e. The number of rotatable bonds is 2. The van der Waals surface area contributed by atoms with Crippen molar-refractivity contribution in [1.29, 1.82) is 0 Å². The van der Waals surface area contributed by atoms with Gasteiger partial charge in [0.05, 0.1) is 6.61 Å². The second kappa shape index (κ2) is 3.64. The van der Waals surface area contributed by atoms with Crippen LogP contribution in [-0.2, 0) is 33.3 Å². The Kier molecular flexibility index (Phi) is 2.07. The van der Waals surface area contributed by atoms with Crippen LogP contribution in [0, 0.1) is 22.2 Å². The molecule has 0 N–H and O–H groups in total. The second-order valence-corrected chi connectivity index (χ2v) is 8.13. The van der Waals surface area contributed by atoms with Gasteiger partial charge in [0.2, 0.25) is 0 Å². The SMILES string of the molecule is CCC(=O)OC1C2OC(=O)C34C5CCC6(COC(=O)C63C1OC24)C5. The van der Waals surface area contributed by atoms with Crippen LogP contribution in [0.1, 0.15) is 32.6 Å². The third-order valence-electron chi connectivity index (χ3n) is 7.77. The molecule has 4 aliphatic heterocycles. The molecule has 4 heterocycles. The maximum atomic E-state index is 13.0. The maximum absolute atomic E-state index is 13.0. The first-order valence-corrected chi connectivity index (χ1v) is 8.76. The summed E-state index contributed by atoms with van der Waals surface area (Å²) in [5.74, 6) is -0.974. The summed E-state index contributed by atoms with van der Waals surface area (Å²) in [6.45, 7) is 2.05. The van der Waals surface area contributed by atoms with E-state index in [9.17, 15) is 14.4 Å². The molecule has 8 atom stereocenters. The molecule has 0 amide bonds. The first-order valence-electron chi connectivity index (χ1n) is 8.76. The van der Waals surface area contributed by atoms with E-state index < -0.39 is 35.2 Å². The van der Waals surface area contributed by atoms with Crippen molar-refractivity contribution in [2.75, 3.05) is 6.61 Å². The van der Waals surface area contributed by atoms with Gasteiger partial charge in [0, 0.05) is 11.8 Å². The molecule has 8 unspecified atom stereocenters. The summed E-state index contributed by atoms with van der Waals surface area (Å²) < 4.78 is 22.9. The summed E-state index contributed by atoms with van der Waals surface area (Å²) in [6, 6.07) is 0. The van der Waals surface area contributed by atoms with E-state index in [2.05, 4.69) is 0 Å². The van der Waals surface area contributed by atoms with E-state index in [1.165, 1.54) is 0 Å². The summed E-state index contributed by atoms with van der Waals surface area (Å²) in [5.41, 5.74) is -2.33. The van der Waals surface area contributed by atoms with Gasteiger partial charge in [-0.1, -0.05) is 6.92 Å². The van der Waals surface area contributed by atoms with Crippen molar-refractivity contribution in [1.82, 2.24) is 0 Å². The average Bonchev–Trinajstić information content (AvgIpc) is 3.33. The van der Waals surface area contributed by atoms with Crippen molar-refractivity contribution in [2.45, 2.75) is 57.0 Å². The highest BCUT2D eigenvalue weighted by Crippen LogP contribution is 2.84. The van der Waals surface area contributed by atoms with Gasteiger partial charge in [0.1, 0.15) is 23.0 Å². The minimum absolute atomic E-state index is 0.0978. The zero-order chi connectivity index (χ0) is 16.5. The number of esters is 3. The number of carbonyl (C=O) groups is 3. The lowest BCUT2D eigenvalue weighted by Crippen LogP contribution is -2.65. The number of fused-ring (bicyclic) bond motifs is 2. The van der Waals surface area contributed by atoms with Gasteiger partial charge in [0.15, 0.2) is 12.2 Å². The fourth-order valence-electron chi connectivity index (χ4n) is 7.22. The van der Waals surface area contributed by atoms with E-state index in [0.29, 0.717) is 6.61 Å². The molecule has 128 valence electrons. The van der Waals surface area contributed by atoms with Crippen molar-refractivity contribution in [3.63, 3.8) is 0 Å². The Labute approximate surface area is 137 Å². The molecule has 0 aromatic rings. The first kappa shape index (κ1) is 13.6. The lowest BCUT2D eigenvalue weighted by atomic mass is 9.47. The molecule has 24 heavy (non-hydrogen) atoms. The van der Waals surface area contributed by atoms with Crippen LogP contribution in [0.3, 0.4) is 0 Å². The van der Waals surface area contributed by atoms with Crippen molar-refractivity contribution in [3.8, 4) is 0 Å². The molecule has 0 radical (unpaired) electrons. The third kappa shape index (κ3) is 0.957. The third-order valence-corrected chi connectivity index (χ3v) is 7.77. The summed E-state index contributed by atoms with van der Waals surface area (Å²) >= 11 is 0. The largest absolute Gasteiger partial charge is 0.465 e. The van der Waals surface area contributed by atoms with Gasteiger partial charge in [-0.15, -0.1) is 0 Å². The minimum atomic E-state index is -1.03.